The Labute approximate surface area is 206 Å². The number of halogens is 4. The Morgan fingerprint density at radius 2 is 1.69 bits per heavy atom. The van der Waals surface area contributed by atoms with Crippen LogP contribution in [-0.2, 0) is 18.3 Å². The van der Waals surface area contributed by atoms with Gasteiger partial charge in [-0.3, -0.25) is 0 Å². The monoisotopic (exact) mass is 497 g/mol. The van der Waals surface area contributed by atoms with Gasteiger partial charge < -0.3 is 14.8 Å². The first kappa shape index (κ1) is 24.4. The Morgan fingerprint density at radius 3 is 2.42 bits per heavy atom. The van der Waals surface area contributed by atoms with E-state index in [2.05, 4.69) is 4.98 Å². The minimum absolute atomic E-state index is 0.0353. The Kier molecular flexibility index (Phi) is 5.86. The van der Waals surface area contributed by atoms with Crippen molar-refractivity contribution in [1.82, 2.24) is 4.98 Å². The zero-order valence-corrected chi connectivity index (χ0v) is 20.0. The summed E-state index contributed by atoms with van der Waals surface area (Å²) in [6.07, 6.45) is -5.08. The lowest BCUT2D eigenvalue weighted by molar-refractivity contribution is -0.200. The number of ether oxygens (including phenoxy) is 1. The highest BCUT2D eigenvalue weighted by Gasteiger charge is 2.56. The Bertz CT molecular complexity index is 1410. The van der Waals surface area contributed by atoms with E-state index < -0.39 is 29.4 Å². The predicted octanol–water partition coefficient (Wildman–Crippen LogP) is 7.11. The zero-order valence-electron chi connectivity index (χ0n) is 20.0. The second kappa shape index (κ2) is 8.66. The van der Waals surface area contributed by atoms with E-state index >= 15 is 0 Å². The summed E-state index contributed by atoms with van der Waals surface area (Å²) in [5.41, 5.74) is -0.590. The third-order valence-electron chi connectivity index (χ3n) is 7.06. The number of nitrogens with one attached hydrogen (secondary N) is 1. The maximum Gasteiger partial charge on any atom is 0.398 e. The van der Waals surface area contributed by atoms with Crippen LogP contribution in [0.4, 0.5) is 17.6 Å². The summed E-state index contributed by atoms with van der Waals surface area (Å²) in [7, 11) is 0. The second-order valence-electron chi connectivity index (χ2n) is 10.2. The molecule has 0 bridgehead atoms. The number of aromatic amines is 1. The topological polar surface area (TPSA) is 45.2 Å². The molecule has 0 amide bonds. The number of aliphatic hydroxyl groups is 1. The summed E-state index contributed by atoms with van der Waals surface area (Å²) in [5, 5.41) is 12.1. The lowest BCUT2D eigenvalue weighted by Gasteiger charge is -2.39. The lowest BCUT2D eigenvalue weighted by atomic mass is 9.71. The summed E-state index contributed by atoms with van der Waals surface area (Å²) < 4.78 is 63.4. The van der Waals surface area contributed by atoms with Gasteiger partial charge in [0.1, 0.15) is 11.6 Å². The summed E-state index contributed by atoms with van der Waals surface area (Å²) in [6.45, 7) is 2.60. The molecule has 0 saturated carbocycles. The maximum absolute atomic E-state index is 14.5. The summed E-state index contributed by atoms with van der Waals surface area (Å²) in [5.74, 6) is -0.666. The van der Waals surface area contributed by atoms with Crippen molar-refractivity contribution in [3.63, 3.8) is 0 Å². The predicted molar refractivity (Wildman–Crippen MR) is 132 cm³/mol. The van der Waals surface area contributed by atoms with Crippen LogP contribution >= 0.6 is 0 Å². The van der Waals surface area contributed by atoms with Crippen LogP contribution in [0.3, 0.4) is 0 Å². The highest BCUT2D eigenvalue weighted by molar-refractivity contribution is 5.85. The minimum atomic E-state index is -4.74. The fourth-order valence-electron chi connectivity index (χ4n) is 5.36. The van der Waals surface area contributed by atoms with Crippen molar-refractivity contribution in [3.8, 4) is 16.9 Å². The molecule has 4 aromatic rings. The Balaban J connectivity index is 1.46. The fourth-order valence-corrected chi connectivity index (χ4v) is 5.36. The highest BCUT2D eigenvalue weighted by Crippen LogP contribution is 2.51. The summed E-state index contributed by atoms with van der Waals surface area (Å²) in [6, 6.07) is 19.7. The van der Waals surface area contributed by atoms with Gasteiger partial charge >= 0.3 is 6.18 Å². The Morgan fingerprint density at radius 1 is 0.944 bits per heavy atom. The quantitative estimate of drug-likeness (QED) is 0.279. The van der Waals surface area contributed by atoms with Crippen LogP contribution in [0.5, 0.6) is 5.75 Å². The molecule has 3 aromatic carbocycles. The van der Waals surface area contributed by atoms with Gasteiger partial charge in [0, 0.05) is 40.6 Å². The van der Waals surface area contributed by atoms with Gasteiger partial charge in [-0.05, 0) is 61.7 Å². The van der Waals surface area contributed by atoms with Crippen molar-refractivity contribution in [3.05, 3.63) is 89.4 Å². The van der Waals surface area contributed by atoms with E-state index in [9.17, 15) is 22.7 Å². The van der Waals surface area contributed by atoms with Crippen molar-refractivity contribution in [2.45, 2.75) is 50.3 Å². The molecule has 0 radical (unpaired) electrons. The molecule has 2 unspecified atom stereocenters. The van der Waals surface area contributed by atoms with Crippen LogP contribution < -0.4 is 4.74 Å². The third-order valence-corrected chi connectivity index (χ3v) is 7.06. The van der Waals surface area contributed by atoms with Crippen LogP contribution in [0.25, 0.3) is 22.0 Å². The molecule has 5 rings (SSSR count). The highest BCUT2D eigenvalue weighted by atomic mass is 19.4. The van der Waals surface area contributed by atoms with Crippen LogP contribution in [0.2, 0.25) is 0 Å². The second-order valence-corrected chi connectivity index (χ2v) is 10.2. The number of benzene rings is 3. The molecule has 0 fully saturated rings. The minimum Gasteiger partial charge on any atom is -0.493 e. The number of alkyl halides is 3. The molecule has 2 atom stereocenters. The van der Waals surface area contributed by atoms with Crippen LogP contribution in [-0.4, -0.2) is 28.5 Å². The first-order valence-corrected chi connectivity index (χ1v) is 11.9. The van der Waals surface area contributed by atoms with Gasteiger partial charge in [-0.1, -0.05) is 36.4 Å². The largest absolute Gasteiger partial charge is 0.493 e. The molecule has 0 spiro atoms. The molecule has 1 aromatic heterocycles. The number of H-pyrrole nitrogens is 1. The van der Waals surface area contributed by atoms with E-state index in [1.165, 1.54) is 13.0 Å². The molecule has 36 heavy (non-hydrogen) atoms. The smallest absolute Gasteiger partial charge is 0.398 e. The van der Waals surface area contributed by atoms with Gasteiger partial charge in [-0.25, -0.2) is 4.39 Å². The van der Waals surface area contributed by atoms with Crippen molar-refractivity contribution in [1.29, 1.82) is 0 Å². The normalized spacial score (nSPS) is 16.9. The molecule has 1 aliphatic heterocycles. The van der Waals surface area contributed by atoms with Crippen molar-refractivity contribution in [2.24, 2.45) is 0 Å². The molecule has 0 saturated heterocycles. The number of rotatable bonds is 6. The number of hydrogen-bond donors (Lipinski definition) is 2. The summed E-state index contributed by atoms with van der Waals surface area (Å²) in [4.78, 5) is 3.22. The number of aromatic nitrogens is 1. The van der Waals surface area contributed by atoms with E-state index in [-0.39, 0.29) is 24.3 Å². The molecular weight excluding hydrogens is 470 g/mol. The molecule has 2 heterocycles. The van der Waals surface area contributed by atoms with Crippen molar-refractivity contribution < 1.29 is 27.4 Å². The molecule has 7 heteroatoms. The average molecular weight is 498 g/mol. The SMILES string of the molecule is CC(O)(Cc1cc2cc(-c3ccccc3)ccc2[nH]1)CC(C)(c1cc(F)cc2c1OCC2)C(F)(F)F. The molecule has 188 valence electrons. The van der Waals surface area contributed by atoms with Gasteiger partial charge in [0.05, 0.1) is 17.6 Å². The van der Waals surface area contributed by atoms with E-state index in [4.69, 9.17) is 4.74 Å². The molecule has 3 nitrogen and oxygen atoms in total. The maximum atomic E-state index is 14.5. The first-order chi connectivity index (χ1) is 17.0. The molecular formula is C29H27F4NO2. The van der Waals surface area contributed by atoms with E-state index in [1.807, 2.05) is 54.6 Å². The molecule has 2 N–H and O–H groups in total. The Hall–Kier alpha value is -3.32. The molecule has 0 aliphatic carbocycles. The van der Waals surface area contributed by atoms with Gasteiger partial charge in [0.15, 0.2) is 0 Å². The van der Waals surface area contributed by atoms with Gasteiger partial charge in [0.25, 0.3) is 0 Å². The first-order valence-electron chi connectivity index (χ1n) is 11.9. The average Bonchev–Trinajstić information content (AvgIpc) is 3.43. The molecule has 1 aliphatic rings. The van der Waals surface area contributed by atoms with Crippen molar-refractivity contribution >= 4 is 10.9 Å². The number of fused-ring (bicyclic) bond motifs is 2. The lowest BCUT2D eigenvalue weighted by Crippen LogP contribution is -2.47. The standard InChI is InChI=1S/C29H27F4NO2/c1-27(35,16-23-14-21-12-19(8-9-25(21)34-23)18-6-4-3-5-7-18)17-28(2,29(31,32)33)24-15-22(30)13-20-10-11-36-26(20)24/h3-9,12-15,34-35H,10-11,16-17H2,1-2H3. The van der Waals surface area contributed by atoms with Gasteiger partial charge in [0.2, 0.25) is 0 Å². The van der Waals surface area contributed by atoms with Gasteiger partial charge in [-0.15, -0.1) is 0 Å². The van der Waals surface area contributed by atoms with Crippen LogP contribution in [0, 0.1) is 5.82 Å². The van der Waals surface area contributed by atoms with E-state index in [1.54, 1.807) is 0 Å². The summed E-state index contributed by atoms with van der Waals surface area (Å²) >= 11 is 0. The van der Waals surface area contributed by atoms with Crippen molar-refractivity contribution in [2.75, 3.05) is 6.61 Å². The van der Waals surface area contributed by atoms with E-state index in [0.717, 1.165) is 35.0 Å². The zero-order chi connectivity index (χ0) is 25.7. The third kappa shape index (κ3) is 4.48. The van der Waals surface area contributed by atoms with Crippen LogP contribution in [0.15, 0.2) is 66.7 Å². The van der Waals surface area contributed by atoms with Gasteiger partial charge in [-0.2, -0.15) is 13.2 Å². The van der Waals surface area contributed by atoms with Crippen LogP contribution in [0.1, 0.15) is 37.1 Å². The fraction of sp³-hybridized carbons (Fsp3) is 0.310. The van der Waals surface area contributed by atoms with E-state index in [0.29, 0.717) is 17.7 Å². The number of hydrogen-bond acceptors (Lipinski definition) is 2.